The molecule has 0 aliphatic rings. The molecule has 52 valence electrons. The Labute approximate surface area is 60.3 Å². The standard InChI is InChI=1S/C7H14OSi/c1-3-4-5-6-7(2)8-9/h1,7H,4-6H2,2,9H3. The highest BCUT2D eigenvalue weighted by atomic mass is 28.2. The Balaban J connectivity index is 2.99. The lowest BCUT2D eigenvalue weighted by atomic mass is 10.2. The fraction of sp³-hybridized carbons (Fsp3) is 0.714. The van der Waals surface area contributed by atoms with Gasteiger partial charge in [0.05, 0.1) is 0 Å². The van der Waals surface area contributed by atoms with Crippen molar-refractivity contribution in [2.75, 3.05) is 0 Å². The largest absolute Gasteiger partial charge is 0.425 e. The van der Waals surface area contributed by atoms with E-state index in [0.29, 0.717) is 6.10 Å². The van der Waals surface area contributed by atoms with Gasteiger partial charge in [0, 0.05) is 12.5 Å². The lowest BCUT2D eigenvalue weighted by Crippen LogP contribution is -2.04. The van der Waals surface area contributed by atoms with E-state index in [0.717, 1.165) is 29.7 Å². The molecule has 0 radical (unpaired) electrons. The maximum absolute atomic E-state index is 5.17. The molecule has 0 fully saturated rings. The molecule has 0 aliphatic carbocycles. The monoisotopic (exact) mass is 142 g/mol. The molecule has 0 saturated heterocycles. The SMILES string of the molecule is C#CCCCC(C)O[SiH3]. The molecule has 0 spiro atoms. The Morgan fingerprint density at radius 2 is 2.44 bits per heavy atom. The van der Waals surface area contributed by atoms with Gasteiger partial charge in [0.2, 0.25) is 0 Å². The fourth-order valence-electron chi connectivity index (χ4n) is 0.609. The number of terminal acetylenes is 1. The van der Waals surface area contributed by atoms with Gasteiger partial charge in [-0.2, -0.15) is 0 Å². The summed E-state index contributed by atoms with van der Waals surface area (Å²) in [6.45, 7) is 2.09. The summed E-state index contributed by atoms with van der Waals surface area (Å²) < 4.78 is 5.17. The van der Waals surface area contributed by atoms with E-state index in [2.05, 4.69) is 12.8 Å². The van der Waals surface area contributed by atoms with Gasteiger partial charge in [0.25, 0.3) is 0 Å². The smallest absolute Gasteiger partial charge is 0.146 e. The highest BCUT2D eigenvalue weighted by Gasteiger charge is 1.95. The van der Waals surface area contributed by atoms with Crippen LogP contribution in [-0.4, -0.2) is 16.6 Å². The lowest BCUT2D eigenvalue weighted by Gasteiger charge is -2.06. The third-order valence-electron chi connectivity index (χ3n) is 1.33. The third-order valence-corrected chi connectivity index (χ3v) is 2.14. The molecule has 1 atom stereocenters. The van der Waals surface area contributed by atoms with Crippen LogP contribution >= 0.6 is 0 Å². The molecule has 0 N–H and O–H groups in total. The normalized spacial score (nSPS) is 12.9. The maximum Gasteiger partial charge on any atom is 0.146 e. The molecule has 0 amide bonds. The first-order valence-electron chi connectivity index (χ1n) is 3.27. The summed E-state index contributed by atoms with van der Waals surface area (Å²) >= 11 is 0. The van der Waals surface area contributed by atoms with Crippen molar-refractivity contribution in [3.05, 3.63) is 0 Å². The Morgan fingerprint density at radius 1 is 1.78 bits per heavy atom. The first-order chi connectivity index (χ1) is 4.31. The van der Waals surface area contributed by atoms with Crippen molar-refractivity contribution >= 4 is 10.5 Å². The zero-order chi connectivity index (χ0) is 7.11. The van der Waals surface area contributed by atoms with Gasteiger partial charge < -0.3 is 4.43 Å². The lowest BCUT2D eigenvalue weighted by molar-refractivity contribution is 0.229. The van der Waals surface area contributed by atoms with E-state index in [9.17, 15) is 0 Å². The topological polar surface area (TPSA) is 9.23 Å². The second kappa shape index (κ2) is 5.87. The van der Waals surface area contributed by atoms with Gasteiger partial charge >= 0.3 is 0 Å². The molecule has 1 nitrogen and oxygen atoms in total. The molecule has 0 aromatic rings. The number of hydrogen-bond acceptors (Lipinski definition) is 1. The van der Waals surface area contributed by atoms with Gasteiger partial charge in [-0.15, -0.1) is 12.3 Å². The molecule has 9 heavy (non-hydrogen) atoms. The van der Waals surface area contributed by atoms with Crippen molar-refractivity contribution in [3.8, 4) is 12.3 Å². The van der Waals surface area contributed by atoms with Crippen molar-refractivity contribution in [1.29, 1.82) is 0 Å². The van der Waals surface area contributed by atoms with Crippen molar-refractivity contribution in [1.82, 2.24) is 0 Å². The summed E-state index contributed by atoms with van der Waals surface area (Å²) in [6, 6.07) is 0. The average molecular weight is 142 g/mol. The molecule has 0 heterocycles. The summed E-state index contributed by atoms with van der Waals surface area (Å²) in [7, 11) is 0.839. The van der Waals surface area contributed by atoms with Crippen LogP contribution in [0.4, 0.5) is 0 Å². The van der Waals surface area contributed by atoms with Crippen LogP contribution in [0.3, 0.4) is 0 Å². The molecular formula is C7H14OSi. The number of rotatable bonds is 4. The minimum absolute atomic E-state index is 0.421. The van der Waals surface area contributed by atoms with E-state index in [1.54, 1.807) is 0 Å². The quantitative estimate of drug-likeness (QED) is 0.315. The molecular weight excluding hydrogens is 128 g/mol. The summed E-state index contributed by atoms with van der Waals surface area (Å²) in [4.78, 5) is 0. The first kappa shape index (κ1) is 8.74. The Bertz CT molecular complexity index is 95.6. The van der Waals surface area contributed by atoms with Crippen LogP contribution in [-0.2, 0) is 4.43 Å². The highest BCUT2D eigenvalue weighted by Crippen LogP contribution is 2.01. The van der Waals surface area contributed by atoms with Crippen LogP contribution in [0.15, 0.2) is 0 Å². The van der Waals surface area contributed by atoms with Crippen LogP contribution in [0.2, 0.25) is 0 Å². The van der Waals surface area contributed by atoms with Crippen LogP contribution in [0, 0.1) is 12.3 Å². The predicted molar refractivity (Wildman–Crippen MR) is 43.2 cm³/mol. The number of unbranched alkanes of at least 4 members (excludes halogenated alkanes) is 1. The second-order valence-corrected chi connectivity index (χ2v) is 2.61. The van der Waals surface area contributed by atoms with Crippen molar-refractivity contribution < 1.29 is 4.43 Å². The Hall–Kier alpha value is -0.263. The van der Waals surface area contributed by atoms with Crippen LogP contribution in [0.5, 0.6) is 0 Å². The van der Waals surface area contributed by atoms with Crippen LogP contribution in [0.25, 0.3) is 0 Å². The molecule has 0 aliphatic heterocycles. The molecule has 0 bridgehead atoms. The predicted octanol–water partition coefficient (Wildman–Crippen LogP) is 0.475. The molecule has 0 saturated carbocycles. The minimum atomic E-state index is 0.421. The second-order valence-electron chi connectivity index (χ2n) is 2.14. The van der Waals surface area contributed by atoms with E-state index in [1.165, 1.54) is 0 Å². The van der Waals surface area contributed by atoms with Gasteiger partial charge in [-0.25, -0.2) is 0 Å². The number of hydrogen-bond donors (Lipinski definition) is 0. The molecule has 0 aromatic carbocycles. The van der Waals surface area contributed by atoms with Crippen molar-refractivity contribution in [3.63, 3.8) is 0 Å². The highest BCUT2D eigenvalue weighted by molar-refractivity contribution is 5.98. The van der Waals surface area contributed by atoms with Crippen molar-refractivity contribution in [2.24, 2.45) is 0 Å². The summed E-state index contributed by atoms with van der Waals surface area (Å²) in [5.41, 5.74) is 0. The van der Waals surface area contributed by atoms with Crippen LogP contribution < -0.4 is 0 Å². The van der Waals surface area contributed by atoms with E-state index in [4.69, 9.17) is 10.8 Å². The minimum Gasteiger partial charge on any atom is -0.425 e. The van der Waals surface area contributed by atoms with Gasteiger partial charge in [0.15, 0.2) is 0 Å². The first-order valence-corrected chi connectivity index (χ1v) is 4.09. The Morgan fingerprint density at radius 3 is 2.89 bits per heavy atom. The zero-order valence-corrected chi connectivity index (χ0v) is 8.18. The molecule has 1 unspecified atom stereocenters. The maximum atomic E-state index is 5.17. The van der Waals surface area contributed by atoms with Crippen LogP contribution in [0.1, 0.15) is 26.2 Å². The van der Waals surface area contributed by atoms with Gasteiger partial charge in [-0.05, 0) is 19.8 Å². The summed E-state index contributed by atoms with van der Waals surface area (Å²) in [6.07, 6.45) is 8.58. The zero-order valence-electron chi connectivity index (χ0n) is 6.18. The fourth-order valence-corrected chi connectivity index (χ4v) is 0.845. The molecule has 0 rings (SSSR count). The van der Waals surface area contributed by atoms with E-state index >= 15 is 0 Å². The molecule has 0 aromatic heterocycles. The Kier molecular flexibility index (Phi) is 5.69. The van der Waals surface area contributed by atoms with Gasteiger partial charge in [0.1, 0.15) is 10.5 Å². The summed E-state index contributed by atoms with van der Waals surface area (Å²) in [5, 5.41) is 0. The van der Waals surface area contributed by atoms with E-state index in [-0.39, 0.29) is 0 Å². The van der Waals surface area contributed by atoms with Crippen molar-refractivity contribution in [2.45, 2.75) is 32.3 Å². The molecule has 2 heteroatoms. The van der Waals surface area contributed by atoms with Gasteiger partial charge in [-0.3, -0.25) is 0 Å². The van der Waals surface area contributed by atoms with Gasteiger partial charge in [-0.1, -0.05) is 0 Å². The van der Waals surface area contributed by atoms with E-state index < -0.39 is 0 Å². The third kappa shape index (κ3) is 5.61. The average Bonchev–Trinajstić information content (AvgIpc) is 1.89. The van der Waals surface area contributed by atoms with E-state index in [1.807, 2.05) is 0 Å². The summed E-state index contributed by atoms with van der Waals surface area (Å²) in [5.74, 6) is 2.60.